The zero-order valence-electron chi connectivity index (χ0n) is 20.1. The third-order valence-electron chi connectivity index (χ3n) is 6.79. The molecule has 0 bridgehead atoms. The van der Waals surface area contributed by atoms with Crippen molar-refractivity contribution in [1.82, 2.24) is 0 Å². The van der Waals surface area contributed by atoms with Gasteiger partial charge in [-0.05, 0) is 57.7 Å². The lowest BCUT2D eigenvalue weighted by Gasteiger charge is -2.62. The highest BCUT2D eigenvalue weighted by atomic mass is 16.4. The monoisotopic (exact) mass is 378 g/mol. The zero-order chi connectivity index (χ0) is 21.6. The molecule has 0 radical (unpaired) electrons. The van der Waals surface area contributed by atoms with E-state index < -0.39 is 5.97 Å². The second kappa shape index (κ2) is 7.56. The van der Waals surface area contributed by atoms with Crippen molar-refractivity contribution in [2.75, 3.05) is 0 Å². The first kappa shape index (κ1) is 24.2. The Bertz CT molecular complexity index is 543. The van der Waals surface area contributed by atoms with Crippen molar-refractivity contribution >= 4 is 5.97 Å². The first-order valence-electron chi connectivity index (χ1n) is 10.7. The van der Waals surface area contributed by atoms with Gasteiger partial charge in [-0.25, -0.2) is 4.79 Å². The Hall–Kier alpha value is -0.790. The Morgan fingerprint density at radius 2 is 1.11 bits per heavy atom. The molecule has 0 spiro atoms. The quantitative estimate of drug-likeness (QED) is 0.512. The Balaban J connectivity index is 3.71. The van der Waals surface area contributed by atoms with Gasteiger partial charge < -0.3 is 5.11 Å². The summed E-state index contributed by atoms with van der Waals surface area (Å²) in [5.41, 5.74) is 0.688. The van der Waals surface area contributed by atoms with Gasteiger partial charge in [0.15, 0.2) is 0 Å². The van der Waals surface area contributed by atoms with Crippen LogP contribution < -0.4 is 0 Å². The fraction of sp³-hybridized carbons (Fsp3) is 0.880. The largest absolute Gasteiger partial charge is 0.478 e. The zero-order valence-corrected chi connectivity index (χ0v) is 20.1. The van der Waals surface area contributed by atoms with E-state index in [0.29, 0.717) is 29.6 Å². The first-order chi connectivity index (χ1) is 11.8. The summed E-state index contributed by atoms with van der Waals surface area (Å²) in [6.45, 7) is 28.5. The third kappa shape index (κ3) is 5.84. The van der Waals surface area contributed by atoms with Crippen molar-refractivity contribution in [3.8, 4) is 0 Å². The topological polar surface area (TPSA) is 37.3 Å². The molecular weight excluding hydrogens is 332 g/mol. The minimum absolute atomic E-state index is 0.123. The summed E-state index contributed by atoms with van der Waals surface area (Å²) in [7, 11) is 0. The molecule has 0 amide bonds. The number of carboxylic acids is 1. The van der Waals surface area contributed by atoms with E-state index in [1.165, 1.54) is 6.08 Å². The van der Waals surface area contributed by atoms with E-state index in [9.17, 15) is 9.90 Å². The molecule has 5 unspecified atom stereocenters. The van der Waals surface area contributed by atoms with E-state index in [0.717, 1.165) is 6.42 Å². The molecular formula is C25H46O2. The fourth-order valence-electron chi connectivity index (χ4n) is 6.02. The maximum atomic E-state index is 11.3. The van der Waals surface area contributed by atoms with Crippen LogP contribution in [-0.2, 0) is 4.79 Å². The molecule has 2 nitrogen and oxygen atoms in total. The average Bonchev–Trinajstić information content (AvgIpc) is 2.38. The van der Waals surface area contributed by atoms with Crippen molar-refractivity contribution < 1.29 is 9.90 Å². The summed E-state index contributed by atoms with van der Waals surface area (Å²) in [5, 5.41) is 9.28. The molecule has 27 heavy (non-hydrogen) atoms. The molecule has 1 saturated carbocycles. The predicted octanol–water partition coefficient (Wildman–Crippen LogP) is 7.30. The van der Waals surface area contributed by atoms with E-state index in [-0.39, 0.29) is 21.7 Å². The molecule has 2 heteroatoms. The van der Waals surface area contributed by atoms with Crippen LogP contribution in [-0.4, -0.2) is 11.1 Å². The van der Waals surface area contributed by atoms with E-state index in [2.05, 4.69) is 83.1 Å². The number of hydrogen-bond donors (Lipinski definition) is 1. The molecule has 0 saturated heterocycles. The van der Waals surface area contributed by atoms with E-state index in [1.54, 1.807) is 0 Å². The molecule has 1 aliphatic carbocycles. The van der Waals surface area contributed by atoms with E-state index in [4.69, 9.17) is 0 Å². The minimum Gasteiger partial charge on any atom is -0.478 e. The lowest BCUT2D eigenvalue weighted by molar-refractivity contribution is -0.132. The van der Waals surface area contributed by atoms with Gasteiger partial charge in [0.1, 0.15) is 0 Å². The van der Waals surface area contributed by atoms with Gasteiger partial charge in [-0.15, -0.1) is 0 Å². The van der Waals surface area contributed by atoms with Crippen molar-refractivity contribution in [3.05, 3.63) is 12.2 Å². The normalized spacial score (nSPS) is 31.3. The minimum atomic E-state index is -0.833. The Morgan fingerprint density at radius 3 is 1.41 bits per heavy atom. The average molecular weight is 379 g/mol. The van der Waals surface area contributed by atoms with Crippen molar-refractivity contribution in [2.24, 2.45) is 51.2 Å². The smallest absolute Gasteiger partial charge is 0.327 e. The van der Waals surface area contributed by atoms with Crippen LogP contribution in [0.2, 0.25) is 0 Å². The van der Waals surface area contributed by atoms with Gasteiger partial charge in [-0.2, -0.15) is 0 Å². The van der Waals surface area contributed by atoms with Crippen molar-refractivity contribution in [2.45, 2.75) is 89.5 Å². The van der Waals surface area contributed by atoms with Gasteiger partial charge in [-0.3, -0.25) is 0 Å². The van der Waals surface area contributed by atoms with Crippen LogP contribution in [0.3, 0.4) is 0 Å². The number of hydrogen-bond acceptors (Lipinski definition) is 1. The summed E-state index contributed by atoms with van der Waals surface area (Å²) in [4.78, 5) is 11.3. The Kier molecular flexibility index (Phi) is 6.79. The molecule has 1 rings (SSSR count). The second-order valence-electron chi connectivity index (χ2n) is 13.2. The van der Waals surface area contributed by atoms with Crippen LogP contribution in [0.1, 0.15) is 89.5 Å². The van der Waals surface area contributed by atoms with Crippen LogP contribution in [0, 0.1) is 51.2 Å². The molecule has 158 valence electrons. The summed E-state index contributed by atoms with van der Waals surface area (Å²) in [6.07, 6.45) is 4.47. The number of allylic oxidation sites excluding steroid dienone is 1. The SMILES string of the molecule is CC(C)(C)C1CC(C=CC(=O)O)C(C(C)(C)C)C(C(C)(C)C)C1C(C)(C)C. The molecule has 0 aromatic rings. The maximum absolute atomic E-state index is 11.3. The molecule has 0 aromatic heterocycles. The summed E-state index contributed by atoms with van der Waals surface area (Å²) < 4.78 is 0. The molecule has 5 atom stereocenters. The highest BCUT2D eigenvalue weighted by Gasteiger charge is 2.56. The molecule has 0 aromatic carbocycles. The van der Waals surface area contributed by atoms with Gasteiger partial charge in [0.2, 0.25) is 0 Å². The first-order valence-corrected chi connectivity index (χ1v) is 10.7. The van der Waals surface area contributed by atoms with Gasteiger partial charge in [0.05, 0.1) is 0 Å². The van der Waals surface area contributed by atoms with Crippen molar-refractivity contribution in [3.63, 3.8) is 0 Å². The lowest BCUT2D eigenvalue weighted by atomic mass is 9.43. The number of carboxylic acid groups (broad SMARTS) is 1. The second-order valence-corrected chi connectivity index (χ2v) is 13.2. The van der Waals surface area contributed by atoms with E-state index in [1.807, 2.05) is 6.08 Å². The number of carbonyl (C=O) groups is 1. The Labute approximate surface area is 169 Å². The van der Waals surface area contributed by atoms with Gasteiger partial charge in [-0.1, -0.05) is 89.2 Å². The third-order valence-corrected chi connectivity index (χ3v) is 6.79. The van der Waals surface area contributed by atoms with Crippen LogP contribution in [0.5, 0.6) is 0 Å². The number of aliphatic carboxylic acids is 1. The maximum Gasteiger partial charge on any atom is 0.327 e. The molecule has 1 fully saturated rings. The van der Waals surface area contributed by atoms with Crippen LogP contribution in [0.25, 0.3) is 0 Å². The van der Waals surface area contributed by atoms with Crippen LogP contribution in [0.4, 0.5) is 0 Å². The van der Waals surface area contributed by atoms with Crippen LogP contribution >= 0.6 is 0 Å². The van der Waals surface area contributed by atoms with Gasteiger partial charge in [0, 0.05) is 6.08 Å². The summed E-state index contributed by atoms with van der Waals surface area (Å²) >= 11 is 0. The predicted molar refractivity (Wildman–Crippen MR) is 117 cm³/mol. The van der Waals surface area contributed by atoms with Crippen LogP contribution in [0.15, 0.2) is 12.2 Å². The Morgan fingerprint density at radius 1 is 0.704 bits per heavy atom. The number of rotatable bonds is 2. The molecule has 0 heterocycles. The molecule has 0 aliphatic heterocycles. The highest BCUT2D eigenvalue weighted by molar-refractivity contribution is 5.79. The summed E-state index contributed by atoms with van der Waals surface area (Å²) in [5.74, 6) is 1.60. The lowest BCUT2D eigenvalue weighted by Crippen LogP contribution is -2.56. The summed E-state index contributed by atoms with van der Waals surface area (Å²) in [6, 6.07) is 0. The standard InChI is InChI=1S/C25H46O2/c1-22(2,3)17-15-16(13-14-18(26)27)19(23(4,5)6)21(25(10,11)12)20(17)24(7,8)9/h13-14,16-17,19-21H,15H2,1-12H3,(H,26,27). The fourth-order valence-corrected chi connectivity index (χ4v) is 6.02. The van der Waals surface area contributed by atoms with Gasteiger partial charge in [0.25, 0.3) is 0 Å². The van der Waals surface area contributed by atoms with E-state index >= 15 is 0 Å². The molecule has 1 aliphatic rings. The van der Waals surface area contributed by atoms with Gasteiger partial charge >= 0.3 is 5.97 Å². The van der Waals surface area contributed by atoms with Crippen molar-refractivity contribution in [1.29, 1.82) is 0 Å². The molecule has 1 N–H and O–H groups in total. The highest BCUT2D eigenvalue weighted by Crippen LogP contribution is 2.62.